The Kier molecular flexibility index (Phi) is 3.60. The van der Waals surface area contributed by atoms with E-state index in [0.717, 1.165) is 11.3 Å². The lowest BCUT2D eigenvalue weighted by Crippen LogP contribution is -2.37. The van der Waals surface area contributed by atoms with Gasteiger partial charge in [0.25, 0.3) is 0 Å². The molecule has 3 N–H and O–H groups in total. The third-order valence-corrected chi connectivity index (χ3v) is 3.22. The third kappa shape index (κ3) is 2.77. The van der Waals surface area contributed by atoms with Crippen LogP contribution in [-0.4, -0.2) is 26.8 Å². The topological polar surface area (TPSA) is 64.1 Å². The molecule has 2 rings (SSSR count). The molecule has 0 radical (unpaired) electrons. The van der Waals surface area contributed by atoms with Crippen molar-refractivity contribution in [1.29, 1.82) is 0 Å². The molecule has 19 heavy (non-hydrogen) atoms. The molecule has 104 valence electrons. The smallest absolute Gasteiger partial charge is 0.125 e. The van der Waals surface area contributed by atoms with E-state index in [9.17, 15) is 9.50 Å². The molecular formula is C14H20FN3O. The fourth-order valence-corrected chi connectivity index (χ4v) is 2.24. The number of nitrogens with two attached hydrogens (primary N) is 1. The van der Waals surface area contributed by atoms with Crippen molar-refractivity contribution in [2.45, 2.75) is 38.8 Å². The van der Waals surface area contributed by atoms with Crippen molar-refractivity contribution in [2.24, 2.45) is 5.73 Å². The number of hydrogen-bond donors (Lipinski definition) is 2. The fourth-order valence-electron chi connectivity index (χ4n) is 2.24. The molecule has 0 spiro atoms. The zero-order valence-electron chi connectivity index (χ0n) is 11.5. The lowest BCUT2D eigenvalue weighted by molar-refractivity contribution is 0.0665. The van der Waals surface area contributed by atoms with Crippen LogP contribution >= 0.6 is 0 Å². The summed E-state index contributed by atoms with van der Waals surface area (Å²) >= 11 is 0. The van der Waals surface area contributed by atoms with E-state index in [2.05, 4.69) is 4.98 Å². The maximum absolute atomic E-state index is 13.3. The number of benzene rings is 1. The lowest BCUT2D eigenvalue weighted by Gasteiger charge is -2.22. The molecule has 2 aromatic rings. The zero-order chi connectivity index (χ0) is 14.2. The first-order valence-corrected chi connectivity index (χ1v) is 6.43. The molecule has 0 aliphatic rings. The van der Waals surface area contributed by atoms with E-state index in [0.29, 0.717) is 11.9 Å². The highest BCUT2D eigenvalue weighted by molar-refractivity contribution is 5.76. The van der Waals surface area contributed by atoms with E-state index in [1.54, 1.807) is 13.0 Å². The maximum Gasteiger partial charge on any atom is 0.125 e. The number of fused-ring (bicyclic) bond motifs is 1. The van der Waals surface area contributed by atoms with Crippen molar-refractivity contribution in [3.05, 3.63) is 29.8 Å². The molecule has 0 saturated carbocycles. The Hall–Kier alpha value is -1.46. The van der Waals surface area contributed by atoms with E-state index < -0.39 is 5.60 Å². The minimum Gasteiger partial charge on any atom is -0.388 e. The molecule has 0 saturated heterocycles. The number of aliphatic hydroxyl groups is 1. The molecule has 0 amide bonds. The van der Waals surface area contributed by atoms with Gasteiger partial charge in [0.1, 0.15) is 11.6 Å². The second kappa shape index (κ2) is 4.90. The van der Waals surface area contributed by atoms with Gasteiger partial charge in [0.05, 0.1) is 16.6 Å². The van der Waals surface area contributed by atoms with Crippen molar-refractivity contribution in [3.8, 4) is 0 Å². The average Bonchev–Trinajstić information content (AvgIpc) is 2.65. The minimum atomic E-state index is -1.01. The quantitative estimate of drug-likeness (QED) is 0.888. The monoisotopic (exact) mass is 265 g/mol. The van der Waals surface area contributed by atoms with Crippen LogP contribution in [0.3, 0.4) is 0 Å². The molecule has 1 aromatic heterocycles. The van der Waals surface area contributed by atoms with Crippen molar-refractivity contribution in [3.63, 3.8) is 0 Å². The number of aromatic nitrogens is 2. The van der Waals surface area contributed by atoms with Gasteiger partial charge in [0.2, 0.25) is 0 Å². The minimum absolute atomic E-state index is 0.155. The summed E-state index contributed by atoms with van der Waals surface area (Å²) < 4.78 is 15.3. The number of nitrogens with zero attached hydrogens (tertiary/aromatic N) is 2. The number of imidazole rings is 1. The average molecular weight is 265 g/mol. The normalized spacial score (nSPS) is 15.1. The molecule has 1 heterocycles. The van der Waals surface area contributed by atoms with Crippen LogP contribution in [0.25, 0.3) is 11.0 Å². The molecule has 0 bridgehead atoms. The highest BCUT2D eigenvalue weighted by atomic mass is 19.1. The summed E-state index contributed by atoms with van der Waals surface area (Å²) in [4.78, 5) is 4.44. The Morgan fingerprint density at radius 1 is 1.47 bits per heavy atom. The number of hydrogen-bond acceptors (Lipinski definition) is 3. The van der Waals surface area contributed by atoms with Crippen LogP contribution in [0.15, 0.2) is 18.2 Å². The molecule has 0 fully saturated rings. The van der Waals surface area contributed by atoms with Crippen LogP contribution in [-0.2, 0) is 6.42 Å². The Bertz CT molecular complexity index is 590. The van der Waals surface area contributed by atoms with E-state index in [4.69, 9.17) is 5.73 Å². The predicted molar refractivity (Wildman–Crippen MR) is 73.5 cm³/mol. The second-order valence-electron chi connectivity index (χ2n) is 5.50. The van der Waals surface area contributed by atoms with Crippen molar-refractivity contribution in [1.82, 2.24) is 9.55 Å². The van der Waals surface area contributed by atoms with E-state index >= 15 is 0 Å². The maximum atomic E-state index is 13.3. The summed E-state index contributed by atoms with van der Waals surface area (Å²) in [5, 5.41) is 10.1. The van der Waals surface area contributed by atoms with Crippen molar-refractivity contribution < 1.29 is 9.50 Å². The predicted octanol–water partition coefficient (Wildman–Crippen LogP) is 2.01. The molecule has 1 aromatic carbocycles. The molecule has 1 unspecified atom stereocenters. The van der Waals surface area contributed by atoms with E-state index in [-0.39, 0.29) is 18.4 Å². The largest absolute Gasteiger partial charge is 0.388 e. The van der Waals surface area contributed by atoms with Gasteiger partial charge in [-0.3, -0.25) is 0 Å². The molecule has 5 heteroatoms. The molecule has 1 atom stereocenters. The lowest BCUT2D eigenvalue weighted by atomic mass is 10.0. The Labute approximate surface area is 112 Å². The first-order chi connectivity index (χ1) is 8.84. The van der Waals surface area contributed by atoms with Crippen molar-refractivity contribution in [2.75, 3.05) is 6.54 Å². The van der Waals surface area contributed by atoms with Gasteiger partial charge in [-0.1, -0.05) is 0 Å². The molecular weight excluding hydrogens is 245 g/mol. The Morgan fingerprint density at radius 2 is 2.16 bits per heavy atom. The Morgan fingerprint density at radius 3 is 2.74 bits per heavy atom. The van der Waals surface area contributed by atoms with Gasteiger partial charge in [-0.25, -0.2) is 9.37 Å². The second-order valence-corrected chi connectivity index (χ2v) is 5.50. The van der Waals surface area contributed by atoms with Gasteiger partial charge in [-0.15, -0.1) is 0 Å². The van der Waals surface area contributed by atoms with E-state index in [1.165, 1.54) is 12.1 Å². The first-order valence-electron chi connectivity index (χ1n) is 6.43. The summed E-state index contributed by atoms with van der Waals surface area (Å²) in [5.74, 6) is 0.420. The van der Waals surface area contributed by atoms with Crippen molar-refractivity contribution >= 4 is 11.0 Å². The van der Waals surface area contributed by atoms with Gasteiger partial charge in [-0.2, -0.15) is 0 Å². The van der Waals surface area contributed by atoms with Gasteiger partial charge < -0.3 is 15.4 Å². The van der Waals surface area contributed by atoms with Crippen LogP contribution in [0.5, 0.6) is 0 Å². The third-order valence-electron chi connectivity index (χ3n) is 3.22. The number of halogens is 1. The highest BCUT2D eigenvalue weighted by Crippen LogP contribution is 2.24. The van der Waals surface area contributed by atoms with Gasteiger partial charge in [0, 0.05) is 25.1 Å². The number of rotatable bonds is 4. The summed E-state index contributed by atoms with van der Waals surface area (Å²) in [6.07, 6.45) is 0.345. The summed E-state index contributed by atoms with van der Waals surface area (Å²) in [6.45, 7) is 5.90. The van der Waals surface area contributed by atoms with Gasteiger partial charge >= 0.3 is 0 Å². The molecule has 0 aliphatic carbocycles. The Balaban J connectivity index is 2.56. The standard InChI is InChI=1S/C14H20FN3O/c1-9(2)18-12-5-4-10(15)6-11(12)17-13(18)7-14(3,19)8-16/h4-6,9,19H,7-8,16H2,1-3H3. The van der Waals surface area contributed by atoms with Gasteiger partial charge in [0.15, 0.2) is 0 Å². The van der Waals surface area contributed by atoms with Crippen LogP contribution < -0.4 is 5.73 Å². The van der Waals surface area contributed by atoms with Crippen LogP contribution in [0.1, 0.15) is 32.6 Å². The van der Waals surface area contributed by atoms with Crippen LogP contribution in [0.4, 0.5) is 4.39 Å². The molecule has 4 nitrogen and oxygen atoms in total. The highest BCUT2D eigenvalue weighted by Gasteiger charge is 2.24. The van der Waals surface area contributed by atoms with E-state index in [1.807, 2.05) is 18.4 Å². The summed E-state index contributed by atoms with van der Waals surface area (Å²) in [5.41, 5.74) is 6.03. The summed E-state index contributed by atoms with van der Waals surface area (Å²) in [6, 6.07) is 4.74. The van der Waals surface area contributed by atoms with Crippen LogP contribution in [0, 0.1) is 5.82 Å². The van der Waals surface area contributed by atoms with Crippen LogP contribution in [0.2, 0.25) is 0 Å². The SMILES string of the molecule is CC(C)n1c(CC(C)(O)CN)nc2cc(F)ccc21. The molecule has 0 aliphatic heterocycles. The zero-order valence-corrected chi connectivity index (χ0v) is 11.5. The first kappa shape index (κ1) is 14.0. The summed E-state index contributed by atoms with van der Waals surface area (Å²) in [7, 11) is 0. The fraction of sp³-hybridized carbons (Fsp3) is 0.500. The van der Waals surface area contributed by atoms with Gasteiger partial charge in [-0.05, 0) is 32.9 Å².